The van der Waals surface area contributed by atoms with E-state index in [1.165, 1.54) is 6.42 Å². The summed E-state index contributed by atoms with van der Waals surface area (Å²) in [4.78, 5) is 43.1. The predicted octanol–water partition coefficient (Wildman–Crippen LogP) is 3.99. The Hall–Kier alpha value is -3.19. The molecule has 0 bridgehead atoms. The average molecular weight is 545 g/mol. The van der Waals surface area contributed by atoms with E-state index in [2.05, 4.69) is 16.0 Å². The number of nitrogens with one attached hydrogen (secondary N) is 3. The molecule has 3 amide bonds. The third kappa shape index (κ3) is 6.09. The molecule has 1 aliphatic heterocycles. The first-order chi connectivity index (χ1) is 19.5. The maximum absolute atomic E-state index is 14.2. The smallest absolute Gasteiger partial charge is 0.245 e. The summed E-state index contributed by atoms with van der Waals surface area (Å²) in [6, 6.07) is 18.8. The highest BCUT2D eigenvalue weighted by atomic mass is 16.2. The van der Waals surface area contributed by atoms with Gasteiger partial charge in [-0.05, 0) is 69.0 Å². The number of rotatable bonds is 9. The van der Waals surface area contributed by atoms with Crippen LogP contribution in [-0.4, -0.2) is 60.4 Å². The molecule has 2 aliphatic carbocycles. The van der Waals surface area contributed by atoms with Gasteiger partial charge in [0.1, 0.15) is 6.04 Å². The lowest BCUT2D eigenvalue weighted by Gasteiger charge is -2.37. The molecule has 5 atom stereocenters. The summed E-state index contributed by atoms with van der Waals surface area (Å²) < 4.78 is 0. The highest BCUT2D eigenvalue weighted by Crippen LogP contribution is 2.40. The van der Waals surface area contributed by atoms with E-state index in [-0.39, 0.29) is 41.8 Å². The lowest BCUT2D eigenvalue weighted by Crippen LogP contribution is -2.59. The van der Waals surface area contributed by atoms with E-state index in [4.69, 9.17) is 0 Å². The molecule has 2 saturated carbocycles. The van der Waals surface area contributed by atoms with Crippen LogP contribution < -0.4 is 16.0 Å². The van der Waals surface area contributed by atoms with Gasteiger partial charge in [0.05, 0.1) is 18.0 Å². The molecule has 2 aromatic rings. The predicted molar refractivity (Wildman–Crippen MR) is 157 cm³/mol. The zero-order valence-electron chi connectivity index (χ0n) is 23.9. The zero-order valence-corrected chi connectivity index (χ0v) is 23.9. The highest BCUT2D eigenvalue weighted by molar-refractivity contribution is 5.91. The maximum atomic E-state index is 14.2. The normalized spacial score (nSPS) is 24.4. The van der Waals surface area contributed by atoms with E-state index >= 15 is 0 Å². The van der Waals surface area contributed by atoms with Gasteiger partial charge >= 0.3 is 0 Å². The summed E-state index contributed by atoms with van der Waals surface area (Å²) in [5.74, 6) is -0.0121. The van der Waals surface area contributed by atoms with Crippen LogP contribution in [0.25, 0.3) is 0 Å². The minimum atomic E-state index is -0.513. The van der Waals surface area contributed by atoms with Crippen molar-refractivity contribution < 1.29 is 14.4 Å². The van der Waals surface area contributed by atoms with Crippen molar-refractivity contribution in [3.05, 3.63) is 71.8 Å². The Morgan fingerprint density at radius 3 is 2.02 bits per heavy atom. The number of amides is 3. The number of benzene rings is 2. The Balaban J connectivity index is 1.36. The van der Waals surface area contributed by atoms with E-state index in [9.17, 15) is 14.4 Å². The fourth-order valence-corrected chi connectivity index (χ4v) is 7.21. The Morgan fingerprint density at radius 2 is 1.43 bits per heavy atom. The molecule has 3 N–H and O–H groups in total. The lowest BCUT2D eigenvalue weighted by atomic mass is 9.83. The number of fused-ring (bicyclic) bond motifs is 1. The molecule has 214 valence electrons. The van der Waals surface area contributed by atoms with Crippen LogP contribution in [0.3, 0.4) is 0 Å². The van der Waals surface area contributed by atoms with Crippen molar-refractivity contribution >= 4 is 17.7 Å². The first-order valence-corrected chi connectivity index (χ1v) is 15.2. The number of likely N-dealkylation sites (N-methyl/N-ethyl adjacent to an activating group) is 1. The molecule has 2 aromatic carbocycles. The molecule has 5 rings (SSSR count). The molecule has 40 heavy (non-hydrogen) atoms. The minimum Gasteiger partial charge on any atom is -0.350 e. The first kappa shape index (κ1) is 28.3. The number of carbonyl (C=O) groups is 3. The van der Waals surface area contributed by atoms with Gasteiger partial charge in [-0.1, -0.05) is 79.9 Å². The SMILES string of the molecule is CN[C@@H](C)C(=O)N[C@H](C(=O)N1CCC2CCC(NC(=O)C(c3ccccc3)c3ccccc3)C21)C1CCCCC1. The van der Waals surface area contributed by atoms with Gasteiger partial charge in [0, 0.05) is 12.6 Å². The number of nitrogens with zero attached hydrogens (tertiary/aromatic N) is 1. The zero-order chi connectivity index (χ0) is 28.1. The van der Waals surface area contributed by atoms with Crippen LogP contribution in [0, 0.1) is 11.8 Å². The third-order valence-corrected chi connectivity index (χ3v) is 9.49. The molecule has 0 spiro atoms. The second-order valence-electron chi connectivity index (χ2n) is 11.9. The fourth-order valence-electron chi connectivity index (χ4n) is 7.21. The summed E-state index contributed by atoms with van der Waals surface area (Å²) in [6.45, 7) is 2.50. The van der Waals surface area contributed by atoms with Crippen molar-refractivity contribution in [3.63, 3.8) is 0 Å². The summed E-state index contributed by atoms with van der Waals surface area (Å²) in [6.07, 6.45) is 8.10. The number of likely N-dealkylation sites (tertiary alicyclic amines) is 1. The fraction of sp³-hybridized carbons (Fsp3) is 0.545. The number of carbonyl (C=O) groups excluding carboxylic acids is 3. The Morgan fingerprint density at radius 1 is 0.800 bits per heavy atom. The molecule has 3 unspecified atom stereocenters. The van der Waals surface area contributed by atoms with Gasteiger partial charge in [-0.2, -0.15) is 0 Å². The van der Waals surface area contributed by atoms with Crippen LogP contribution >= 0.6 is 0 Å². The standard InChI is InChI=1S/C33H44N4O3/c1-22(34-2)31(38)36-29(25-16-10-5-11-17-25)33(40)37-21-20-26-18-19-27(30(26)37)35-32(39)28(23-12-6-3-7-13-23)24-14-8-4-9-15-24/h3-4,6-9,12-15,22,25-30,34H,5,10-11,16-21H2,1-2H3,(H,35,39)(H,36,38)/t22-,26?,27?,29-,30?/m0/s1. The van der Waals surface area contributed by atoms with Gasteiger partial charge in [-0.3, -0.25) is 14.4 Å². The van der Waals surface area contributed by atoms with Crippen LogP contribution in [0.2, 0.25) is 0 Å². The Labute approximate surface area is 238 Å². The summed E-state index contributed by atoms with van der Waals surface area (Å²) in [5.41, 5.74) is 1.91. The average Bonchev–Trinajstić information content (AvgIpc) is 3.60. The first-order valence-electron chi connectivity index (χ1n) is 15.2. The Bertz CT molecular complexity index is 1110. The summed E-state index contributed by atoms with van der Waals surface area (Å²) in [7, 11) is 1.76. The second-order valence-corrected chi connectivity index (χ2v) is 11.9. The van der Waals surface area contributed by atoms with E-state index in [1.807, 2.05) is 72.5 Å². The van der Waals surface area contributed by atoms with Crippen molar-refractivity contribution in [3.8, 4) is 0 Å². The van der Waals surface area contributed by atoms with E-state index in [0.717, 1.165) is 56.1 Å². The van der Waals surface area contributed by atoms with Gasteiger partial charge in [0.2, 0.25) is 17.7 Å². The van der Waals surface area contributed by atoms with Crippen LogP contribution in [0.15, 0.2) is 60.7 Å². The molecule has 3 fully saturated rings. The molecule has 0 aromatic heterocycles. The van der Waals surface area contributed by atoms with Crippen molar-refractivity contribution in [2.45, 2.75) is 88.4 Å². The lowest BCUT2D eigenvalue weighted by molar-refractivity contribution is -0.140. The van der Waals surface area contributed by atoms with Gasteiger partial charge in [0.25, 0.3) is 0 Å². The molecule has 7 nitrogen and oxygen atoms in total. The van der Waals surface area contributed by atoms with E-state index in [0.29, 0.717) is 12.5 Å². The summed E-state index contributed by atoms with van der Waals surface area (Å²) in [5, 5.41) is 9.52. The van der Waals surface area contributed by atoms with E-state index < -0.39 is 12.0 Å². The topological polar surface area (TPSA) is 90.5 Å². The maximum Gasteiger partial charge on any atom is 0.245 e. The molecule has 7 heteroatoms. The highest BCUT2D eigenvalue weighted by Gasteiger charge is 2.49. The third-order valence-electron chi connectivity index (χ3n) is 9.49. The van der Waals surface area contributed by atoms with Crippen molar-refractivity contribution in [2.75, 3.05) is 13.6 Å². The van der Waals surface area contributed by atoms with Gasteiger partial charge in [-0.15, -0.1) is 0 Å². The molecular weight excluding hydrogens is 500 g/mol. The molecule has 0 radical (unpaired) electrons. The van der Waals surface area contributed by atoms with Crippen LogP contribution in [0.4, 0.5) is 0 Å². The van der Waals surface area contributed by atoms with Crippen molar-refractivity contribution in [2.24, 2.45) is 11.8 Å². The minimum absolute atomic E-state index is 0.0256. The number of hydrogen-bond donors (Lipinski definition) is 3. The molecule has 1 heterocycles. The molecular formula is C33H44N4O3. The van der Waals surface area contributed by atoms with Gasteiger partial charge in [-0.25, -0.2) is 0 Å². The quantitative estimate of drug-likeness (QED) is 0.445. The second kappa shape index (κ2) is 13.0. The largest absolute Gasteiger partial charge is 0.350 e. The van der Waals surface area contributed by atoms with Crippen LogP contribution in [0.1, 0.15) is 75.3 Å². The number of hydrogen-bond acceptors (Lipinski definition) is 4. The van der Waals surface area contributed by atoms with Crippen molar-refractivity contribution in [1.82, 2.24) is 20.9 Å². The monoisotopic (exact) mass is 544 g/mol. The Kier molecular flexibility index (Phi) is 9.20. The van der Waals surface area contributed by atoms with Crippen molar-refractivity contribution in [1.29, 1.82) is 0 Å². The van der Waals surface area contributed by atoms with Crippen LogP contribution in [-0.2, 0) is 14.4 Å². The van der Waals surface area contributed by atoms with E-state index in [1.54, 1.807) is 7.05 Å². The summed E-state index contributed by atoms with van der Waals surface area (Å²) >= 11 is 0. The van der Waals surface area contributed by atoms with Gasteiger partial charge < -0.3 is 20.9 Å². The van der Waals surface area contributed by atoms with Crippen LogP contribution in [0.5, 0.6) is 0 Å². The molecule has 3 aliphatic rings. The van der Waals surface area contributed by atoms with Gasteiger partial charge in [0.15, 0.2) is 0 Å². The molecule has 1 saturated heterocycles.